The maximum atomic E-state index is 12.6. The van der Waals surface area contributed by atoms with Crippen LogP contribution in [0.15, 0.2) is 48.5 Å². The van der Waals surface area contributed by atoms with E-state index in [4.69, 9.17) is 4.74 Å². The summed E-state index contributed by atoms with van der Waals surface area (Å²) in [6.45, 7) is 4.55. The Kier molecular flexibility index (Phi) is 5.18. The maximum absolute atomic E-state index is 12.6. The number of nitrogens with zero attached hydrogens (tertiary/aromatic N) is 1. The van der Waals surface area contributed by atoms with Gasteiger partial charge in [-0.05, 0) is 36.4 Å². The molecular formula is C19H22F3N2O+. The van der Waals surface area contributed by atoms with Crippen LogP contribution in [0, 0.1) is 0 Å². The monoisotopic (exact) mass is 351 g/mol. The van der Waals surface area contributed by atoms with Crippen molar-refractivity contribution < 1.29 is 22.8 Å². The topological polar surface area (TPSA) is 16.9 Å². The van der Waals surface area contributed by atoms with E-state index >= 15 is 0 Å². The van der Waals surface area contributed by atoms with E-state index in [0.717, 1.165) is 44.0 Å². The summed E-state index contributed by atoms with van der Waals surface area (Å²) in [5.41, 5.74) is 1.53. The van der Waals surface area contributed by atoms with E-state index in [1.165, 1.54) is 22.7 Å². The smallest absolute Gasteiger partial charge is 0.416 e. The molecule has 2 aromatic rings. The van der Waals surface area contributed by atoms with Gasteiger partial charge in [0.2, 0.25) is 0 Å². The Balaban J connectivity index is 1.53. The fourth-order valence-corrected chi connectivity index (χ4v) is 3.15. The molecule has 0 radical (unpaired) electrons. The molecule has 3 nitrogen and oxygen atoms in total. The third kappa shape index (κ3) is 4.45. The van der Waals surface area contributed by atoms with E-state index in [2.05, 4.69) is 17.0 Å². The van der Waals surface area contributed by atoms with Gasteiger partial charge >= 0.3 is 6.18 Å². The van der Waals surface area contributed by atoms with Gasteiger partial charge in [0, 0.05) is 11.3 Å². The second-order valence-electron chi connectivity index (χ2n) is 6.31. The molecule has 2 aromatic carbocycles. The molecule has 25 heavy (non-hydrogen) atoms. The maximum Gasteiger partial charge on any atom is 0.416 e. The number of alkyl halides is 3. The van der Waals surface area contributed by atoms with Crippen LogP contribution in [0.5, 0.6) is 5.75 Å². The zero-order valence-corrected chi connectivity index (χ0v) is 14.1. The van der Waals surface area contributed by atoms with Crippen LogP contribution in [0.3, 0.4) is 0 Å². The van der Waals surface area contributed by atoms with Gasteiger partial charge in [-0.25, -0.2) is 0 Å². The van der Waals surface area contributed by atoms with Gasteiger partial charge in [0.15, 0.2) is 0 Å². The van der Waals surface area contributed by atoms with Crippen molar-refractivity contribution in [1.29, 1.82) is 0 Å². The number of hydrogen-bond acceptors (Lipinski definition) is 2. The Morgan fingerprint density at radius 3 is 2.08 bits per heavy atom. The first-order valence-electron chi connectivity index (χ1n) is 8.34. The average molecular weight is 351 g/mol. The van der Waals surface area contributed by atoms with Crippen LogP contribution < -0.4 is 14.5 Å². The van der Waals surface area contributed by atoms with Gasteiger partial charge in [-0.2, -0.15) is 13.2 Å². The normalized spacial score (nSPS) is 16.1. The third-order valence-corrected chi connectivity index (χ3v) is 4.64. The predicted octanol–water partition coefficient (Wildman–Crippen LogP) is 2.62. The van der Waals surface area contributed by atoms with Crippen molar-refractivity contribution >= 4 is 5.69 Å². The molecular weight excluding hydrogens is 329 g/mol. The summed E-state index contributed by atoms with van der Waals surface area (Å²) in [7, 11) is 1.65. The number of rotatable bonds is 4. The van der Waals surface area contributed by atoms with Gasteiger partial charge in [0.1, 0.15) is 12.3 Å². The van der Waals surface area contributed by atoms with Crippen LogP contribution in [0.25, 0.3) is 0 Å². The zero-order chi connectivity index (χ0) is 17.9. The zero-order valence-electron chi connectivity index (χ0n) is 14.1. The van der Waals surface area contributed by atoms with Gasteiger partial charge in [-0.15, -0.1) is 0 Å². The van der Waals surface area contributed by atoms with Crippen LogP contribution in [0.1, 0.15) is 11.1 Å². The summed E-state index contributed by atoms with van der Waals surface area (Å²) in [5, 5.41) is 0. The highest BCUT2D eigenvalue weighted by molar-refractivity contribution is 5.49. The second-order valence-corrected chi connectivity index (χ2v) is 6.31. The van der Waals surface area contributed by atoms with Crippen molar-refractivity contribution in [2.24, 2.45) is 0 Å². The van der Waals surface area contributed by atoms with E-state index in [1.807, 2.05) is 12.1 Å². The first kappa shape index (κ1) is 17.6. The summed E-state index contributed by atoms with van der Waals surface area (Å²) in [6.07, 6.45) is -4.27. The summed E-state index contributed by atoms with van der Waals surface area (Å²) < 4.78 is 43.0. The van der Waals surface area contributed by atoms with Crippen molar-refractivity contribution in [2.45, 2.75) is 12.7 Å². The minimum atomic E-state index is -4.27. The number of halogens is 3. The number of methoxy groups -OCH3 is 1. The number of piperazine rings is 1. The van der Waals surface area contributed by atoms with Gasteiger partial charge in [0.05, 0.1) is 38.9 Å². The van der Waals surface area contributed by atoms with Crippen molar-refractivity contribution in [3.8, 4) is 5.75 Å². The fourth-order valence-electron chi connectivity index (χ4n) is 3.15. The van der Waals surface area contributed by atoms with Crippen LogP contribution in [-0.4, -0.2) is 33.3 Å². The van der Waals surface area contributed by atoms with Crippen LogP contribution in [0.4, 0.5) is 18.9 Å². The summed E-state index contributed by atoms with van der Waals surface area (Å²) in [6, 6.07) is 13.5. The third-order valence-electron chi connectivity index (χ3n) is 4.64. The lowest BCUT2D eigenvalue weighted by Crippen LogP contribution is -3.13. The van der Waals surface area contributed by atoms with Gasteiger partial charge in [-0.3, -0.25) is 0 Å². The van der Waals surface area contributed by atoms with E-state index in [0.29, 0.717) is 0 Å². The van der Waals surface area contributed by atoms with E-state index in [9.17, 15) is 13.2 Å². The SMILES string of the molecule is COc1ccc(N2CC[NH+](Cc3ccc(C(F)(F)F)cc3)CC2)cc1. The lowest BCUT2D eigenvalue weighted by molar-refractivity contribution is -0.914. The Morgan fingerprint density at radius 2 is 1.56 bits per heavy atom. The van der Waals surface area contributed by atoms with E-state index in [1.54, 1.807) is 19.2 Å². The number of hydrogen-bond donors (Lipinski definition) is 1. The van der Waals surface area contributed by atoms with Gasteiger partial charge in [-0.1, -0.05) is 12.1 Å². The van der Waals surface area contributed by atoms with Crippen LogP contribution >= 0.6 is 0 Å². The fraction of sp³-hybridized carbons (Fsp3) is 0.368. The van der Waals surface area contributed by atoms with Gasteiger partial charge < -0.3 is 14.5 Å². The lowest BCUT2D eigenvalue weighted by atomic mass is 10.1. The average Bonchev–Trinajstić information content (AvgIpc) is 2.62. The molecule has 0 spiro atoms. The second kappa shape index (κ2) is 7.35. The quantitative estimate of drug-likeness (QED) is 0.912. The summed E-state index contributed by atoms with van der Waals surface area (Å²) in [4.78, 5) is 3.72. The Hall–Kier alpha value is -2.21. The minimum Gasteiger partial charge on any atom is -0.497 e. The van der Waals surface area contributed by atoms with Crippen molar-refractivity contribution in [2.75, 3.05) is 38.2 Å². The Morgan fingerprint density at radius 1 is 0.960 bits per heavy atom. The van der Waals surface area contributed by atoms with E-state index in [-0.39, 0.29) is 0 Å². The highest BCUT2D eigenvalue weighted by atomic mass is 19.4. The molecule has 0 atom stereocenters. The molecule has 1 aliphatic rings. The summed E-state index contributed by atoms with van der Waals surface area (Å²) >= 11 is 0. The highest BCUT2D eigenvalue weighted by Crippen LogP contribution is 2.29. The Bertz CT molecular complexity index is 675. The first-order chi connectivity index (χ1) is 12.0. The molecule has 1 aliphatic heterocycles. The molecule has 0 saturated carbocycles. The largest absolute Gasteiger partial charge is 0.497 e. The molecule has 1 N–H and O–H groups in total. The number of ether oxygens (including phenoxy) is 1. The molecule has 0 aliphatic carbocycles. The van der Waals surface area contributed by atoms with E-state index < -0.39 is 11.7 Å². The molecule has 1 saturated heterocycles. The molecule has 134 valence electrons. The molecule has 0 amide bonds. The van der Waals surface area contributed by atoms with Crippen molar-refractivity contribution in [1.82, 2.24) is 0 Å². The predicted molar refractivity (Wildman–Crippen MR) is 91.1 cm³/mol. The standard InChI is InChI=1S/C19H21F3N2O/c1-25-18-8-6-17(7-9-18)24-12-10-23(11-13-24)14-15-2-4-16(5-3-15)19(20,21)22/h2-9H,10-14H2,1H3/p+1. The molecule has 1 heterocycles. The van der Waals surface area contributed by atoms with Crippen LogP contribution in [0.2, 0.25) is 0 Å². The van der Waals surface area contributed by atoms with Crippen molar-refractivity contribution in [3.05, 3.63) is 59.7 Å². The van der Waals surface area contributed by atoms with Crippen LogP contribution in [-0.2, 0) is 12.7 Å². The highest BCUT2D eigenvalue weighted by Gasteiger charge is 2.30. The first-order valence-corrected chi connectivity index (χ1v) is 8.34. The lowest BCUT2D eigenvalue weighted by Gasteiger charge is -2.33. The van der Waals surface area contributed by atoms with Crippen molar-refractivity contribution in [3.63, 3.8) is 0 Å². The molecule has 0 bridgehead atoms. The minimum absolute atomic E-state index is 0.587. The number of quaternary nitrogens is 1. The van der Waals surface area contributed by atoms with Gasteiger partial charge in [0.25, 0.3) is 0 Å². The molecule has 6 heteroatoms. The number of benzene rings is 2. The molecule has 3 rings (SSSR count). The molecule has 0 aromatic heterocycles. The molecule has 1 fully saturated rings. The number of anilines is 1. The molecule has 0 unspecified atom stereocenters. The number of nitrogens with one attached hydrogen (secondary N) is 1. The summed E-state index contributed by atoms with van der Waals surface area (Å²) in [5.74, 6) is 0.843. The Labute approximate surface area is 145 Å².